The molecule has 0 saturated carbocycles. The molecule has 32 heavy (non-hydrogen) atoms. The first-order chi connectivity index (χ1) is 15.1. The Kier molecular flexibility index (Phi) is 7.10. The van der Waals surface area contributed by atoms with Crippen LogP contribution in [0.4, 0.5) is 5.69 Å². The van der Waals surface area contributed by atoms with Gasteiger partial charge in [0, 0.05) is 5.69 Å². The van der Waals surface area contributed by atoms with Crippen molar-refractivity contribution in [2.24, 2.45) is 0 Å². The Morgan fingerprint density at radius 2 is 1.91 bits per heavy atom. The Bertz CT molecular complexity index is 1210. The lowest BCUT2D eigenvalue weighted by Gasteiger charge is -2.23. The third-order valence-electron chi connectivity index (χ3n) is 5.48. The van der Waals surface area contributed by atoms with Crippen LogP contribution in [0.25, 0.3) is 10.2 Å². The molecule has 1 unspecified atom stereocenters. The molecule has 0 saturated heterocycles. The average Bonchev–Trinajstić information content (AvgIpc) is 3.07. The van der Waals surface area contributed by atoms with Crippen LogP contribution in [0.15, 0.2) is 23.0 Å². The number of aryl methyl sites for hydroxylation is 3. The second kappa shape index (κ2) is 9.62. The maximum atomic E-state index is 12.7. The van der Waals surface area contributed by atoms with Crippen LogP contribution in [0.2, 0.25) is 0 Å². The van der Waals surface area contributed by atoms with Gasteiger partial charge in [0.1, 0.15) is 15.5 Å². The number of para-hydroxylation sites is 1. The number of nitrogens with one attached hydrogen (secondary N) is 2. The number of carbonyl (C=O) groups is 2. The quantitative estimate of drug-likeness (QED) is 0.525. The highest BCUT2D eigenvalue weighted by atomic mass is 32.1. The number of rotatable bonds is 7. The number of thiophene rings is 1. The lowest BCUT2D eigenvalue weighted by Crippen LogP contribution is -2.34. The van der Waals surface area contributed by atoms with Crippen LogP contribution in [-0.4, -0.2) is 46.9 Å². The standard InChI is InChI=1S/C23H28N4O4S/c1-7-31-23(30)19-14(4)17-21(29)25-20(26-22(17)32-19)15(5)27(6)11-16(28)24-18-12(2)9-8-10-13(18)3/h8-10,15H,7,11H2,1-6H3,(H,24,28)(H,25,26,29). The van der Waals surface area contributed by atoms with Gasteiger partial charge in [0.25, 0.3) is 5.56 Å². The van der Waals surface area contributed by atoms with Crippen molar-refractivity contribution in [1.29, 1.82) is 0 Å². The number of anilines is 1. The maximum absolute atomic E-state index is 12.7. The highest BCUT2D eigenvalue weighted by Gasteiger charge is 2.23. The zero-order valence-electron chi connectivity index (χ0n) is 19.2. The number of amides is 1. The zero-order chi connectivity index (χ0) is 23.6. The number of H-pyrrole nitrogens is 1. The van der Waals surface area contributed by atoms with Crippen molar-refractivity contribution in [3.8, 4) is 0 Å². The average molecular weight is 457 g/mol. The molecule has 0 radical (unpaired) electrons. The predicted molar refractivity (Wildman–Crippen MR) is 127 cm³/mol. The number of esters is 1. The number of ether oxygens (including phenoxy) is 1. The van der Waals surface area contributed by atoms with Crippen LogP contribution in [0, 0.1) is 20.8 Å². The Hall–Kier alpha value is -3.04. The lowest BCUT2D eigenvalue weighted by atomic mass is 10.1. The number of benzene rings is 1. The van der Waals surface area contributed by atoms with E-state index in [4.69, 9.17) is 4.74 Å². The van der Waals surface area contributed by atoms with Crippen LogP contribution < -0.4 is 10.9 Å². The first kappa shape index (κ1) is 23.6. The van der Waals surface area contributed by atoms with Gasteiger partial charge in [0.15, 0.2) is 0 Å². The van der Waals surface area contributed by atoms with E-state index >= 15 is 0 Å². The van der Waals surface area contributed by atoms with Gasteiger partial charge in [-0.25, -0.2) is 9.78 Å². The fraction of sp³-hybridized carbons (Fsp3) is 0.391. The zero-order valence-corrected chi connectivity index (χ0v) is 20.0. The van der Waals surface area contributed by atoms with Crippen LogP contribution in [0.3, 0.4) is 0 Å². The van der Waals surface area contributed by atoms with Gasteiger partial charge in [-0.2, -0.15) is 0 Å². The third-order valence-corrected chi connectivity index (χ3v) is 6.64. The second-order valence-corrected chi connectivity index (χ2v) is 8.81. The molecule has 2 heterocycles. The van der Waals surface area contributed by atoms with Crippen molar-refractivity contribution in [3.05, 3.63) is 55.9 Å². The SMILES string of the molecule is CCOC(=O)c1sc2nc(C(C)N(C)CC(=O)Nc3c(C)cccc3C)[nH]c(=O)c2c1C. The van der Waals surface area contributed by atoms with E-state index in [0.29, 0.717) is 26.5 Å². The van der Waals surface area contributed by atoms with Crippen LogP contribution >= 0.6 is 11.3 Å². The Labute approximate surface area is 190 Å². The molecule has 0 aliphatic heterocycles. The smallest absolute Gasteiger partial charge is 0.348 e. The fourth-order valence-electron chi connectivity index (χ4n) is 3.51. The summed E-state index contributed by atoms with van der Waals surface area (Å²) in [6.07, 6.45) is 0. The Morgan fingerprint density at radius 1 is 1.25 bits per heavy atom. The van der Waals surface area contributed by atoms with E-state index in [0.717, 1.165) is 28.2 Å². The molecule has 0 bridgehead atoms. The summed E-state index contributed by atoms with van der Waals surface area (Å²) in [5.41, 5.74) is 3.06. The molecular formula is C23H28N4O4S. The molecule has 0 aliphatic rings. The minimum Gasteiger partial charge on any atom is -0.462 e. The van der Waals surface area contributed by atoms with Crippen LogP contribution in [-0.2, 0) is 9.53 Å². The van der Waals surface area contributed by atoms with Crippen molar-refractivity contribution in [2.75, 3.05) is 25.5 Å². The fourth-order valence-corrected chi connectivity index (χ4v) is 4.60. The van der Waals surface area contributed by atoms with Crippen LogP contribution in [0.5, 0.6) is 0 Å². The van der Waals surface area contributed by atoms with E-state index in [-0.39, 0.29) is 30.7 Å². The molecule has 1 amide bonds. The van der Waals surface area contributed by atoms with Gasteiger partial charge in [0.05, 0.1) is 24.6 Å². The van der Waals surface area contributed by atoms with Gasteiger partial charge >= 0.3 is 5.97 Å². The topological polar surface area (TPSA) is 104 Å². The van der Waals surface area contributed by atoms with E-state index in [9.17, 15) is 14.4 Å². The van der Waals surface area contributed by atoms with Crippen LogP contribution in [0.1, 0.15) is 52.1 Å². The molecule has 0 fully saturated rings. The molecule has 2 aromatic heterocycles. The Balaban J connectivity index is 1.81. The summed E-state index contributed by atoms with van der Waals surface area (Å²) >= 11 is 1.14. The molecule has 9 heteroatoms. The van der Waals surface area contributed by atoms with Crippen molar-refractivity contribution in [3.63, 3.8) is 0 Å². The number of fused-ring (bicyclic) bond motifs is 1. The van der Waals surface area contributed by atoms with Crippen molar-refractivity contribution in [2.45, 2.75) is 40.7 Å². The van der Waals surface area contributed by atoms with E-state index in [2.05, 4.69) is 15.3 Å². The van der Waals surface area contributed by atoms with Crippen molar-refractivity contribution < 1.29 is 14.3 Å². The van der Waals surface area contributed by atoms with E-state index in [1.54, 1.807) is 25.8 Å². The van der Waals surface area contributed by atoms with Gasteiger partial charge in [-0.05, 0) is 58.4 Å². The van der Waals surface area contributed by atoms with Crippen molar-refractivity contribution in [1.82, 2.24) is 14.9 Å². The third kappa shape index (κ3) is 4.73. The molecule has 3 aromatic rings. The summed E-state index contributed by atoms with van der Waals surface area (Å²) in [5.74, 6) is -0.180. The second-order valence-electron chi connectivity index (χ2n) is 7.81. The number of carbonyl (C=O) groups excluding carboxylic acids is 2. The summed E-state index contributed by atoms with van der Waals surface area (Å²) in [5, 5.41) is 3.36. The Morgan fingerprint density at radius 3 is 2.53 bits per heavy atom. The molecule has 1 aromatic carbocycles. The van der Waals surface area contributed by atoms with Gasteiger partial charge in [-0.1, -0.05) is 18.2 Å². The molecule has 2 N–H and O–H groups in total. The minimum absolute atomic E-state index is 0.119. The number of aromatic nitrogens is 2. The molecular weight excluding hydrogens is 428 g/mol. The number of aromatic amines is 1. The molecule has 8 nitrogen and oxygen atoms in total. The van der Waals surface area contributed by atoms with Gasteiger partial charge in [0.2, 0.25) is 5.91 Å². The summed E-state index contributed by atoms with van der Waals surface area (Å²) in [6, 6.07) is 5.52. The summed E-state index contributed by atoms with van der Waals surface area (Å²) in [6.45, 7) is 9.59. The van der Waals surface area contributed by atoms with Gasteiger partial charge in [-0.15, -0.1) is 11.3 Å². The number of likely N-dealkylation sites (N-methyl/N-ethyl adjacent to an activating group) is 1. The number of hydrogen-bond acceptors (Lipinski definition) is 7. The molecule has 0 aliphatic carbocycles. The molecule has 170 valence electrons. The summed E-state index contributed by atoms with van der Waals surface area (Å²) in [4.78, 5) is 47.6. The molecule has 3 rings (SSSR count). The lowest BCUT2D eigenvalue weighted by molar-refractivity contribution is -0.117. The molecule has 0 spiro atoms. The van der Waals surface area contributed by atoms with E-state index in [1.165, 1.54) is 0 Å². The first-order valence-electron chi connectivity index (χ1n) is 10.4. The monoisotopic (exact) mass is 456 g/mol. The summed E-state index contributed by atoms with van der Waals surface area (Å²) in [7, 11) is 1.79. The number of hydrogen-bond donors (Lipinski definition) is 2. The van der Waals surface area contributed by atoms with E-state index in [1.807, 2.05) is 39.0 Å². The highest BCUT2D eigenvalue weighted by Crippen LogP contribution is 2.29. The summed E-state index contributed by atoms with van der Waals surface area (Å²) < 4.78 is 5.08. The molecule has 1 atom stereocenters. The minimum atomic E-state index is -0.456. The first-order valence-corrected chi connectivity index (χ1v) is 11.2. The predicted octanol–water partition coefficient (Wildman–Crippen LogP) is 3.72. The van der Waals surface area contributed by atoms with E-state index < -0.39 is 5.97 Å². The largest absolute Gasteiger partial charge is 0.462 e. The van der Waals surface area contributed by atoms with Gasteiger partial charge in [-0.3, -0.25) is 14.5 Å². The normalized spacial score (nSPS) is 12.2. The van der Waals surface area contributed by atoms with Crippen molar-refractivity contribution >= 4 is 39.1 Å². The number of nitrogens with zero attached hydrogens (tertiary/aromatic N) is 2. The van der Waals surface area contributed by atoms with Gasteiger partial charge < -0.3 is 15.0 Å². The highest BCUT2D eigenvalue weighted by molar-refractivity contribution is 7.20. The maximum Gasteiger partial charge on any atom is 0.348 e.